The smallest absolute Gasteiger partial charge is 0.387 e. The topological polar surface area (TPSA) is 228 Å². The number of hydrogen-bond donors (Lipinski definition) is 4. The Balaban J connectivity index is 1.18. The number of ether oxygens (including phenoxy) is 3. The number of nitriles is 2. The minimum Gasteiger partial charge on any atom is -0.387 e. The summed E-state index contributed by atoms with van der Waals surface area (Å²) in [5, 5.41) is 45.1. The van der Waals surface area contributed by atoms with E-state index >= 15 is 0 Å². The van der Waals surface area contributed by atoms with Gasteiger partial charge >= 0.3 is 7.82 Å². The first-order valence-corrected chi connectivity index (χ1v) is 22.0. The van der Waals surface area contributed by atoms with E-state index < -0.39 is 44.4 Å². The minimum absolute atomic E-state index is 0.0772. The molecule has 1 fully saturated rings. The molecule has 0 saturated carbocycles. The second kappa shape index (κ2) is 24.5. The molecule has 0 spiro atoms. The zero-order valence-electron chi connectivity index (χ0n) is 33.3. The van der Waals surface area contributed by atoms with Crippen LogP contribution in [0.3, 0.4) is 0 Å². The summed E-state index contributed by atoms with van der Waals surface area (Å²) in [4.78, 5) is 14.5. The standard InChI is InChI=1S/C41H61N6O9P/c1-2-3-4-5-6-7-8-9-10-11-12-13-14-15-16-17-24-52-27-34(53-26-33-20-18-32(25-42)19-21-33)28-54-57(50,51)55-29-36-38(48)39(49)41(30-43,56-36)37-23-22-35-40(44)45-31-46-47(35)37/h18-23,31,34,36,38-39,48-49H,2-17,24,26-29H2,1H3,(H,50,51)(H2,44,45,46)/t34-,36-,38-,39-,41+/m1/s1. The highest BCUT2D eigenvalue weighted by molar-refractivity contribution is 7.47. The Morgan fingerprint density at radius 3 is 2.11 bits per heavy atom. The predicted octanol–water partition coefficient (Wildman–Crippen LogP) is 7.02. The number of anilines is 1. The lowest BCUT2D eigenvalue weighted by Crippen LogP contribution is -2.41. The Labute approximate surface area is 336 Å². The number of rotatable bonds is 29. The lowest BCUT2D eigenvalue weighted by molar-refractivity contribution is -0.0690. The first-order chi connectivity index (χ1) is 27.6. The van der Waals surface area contributed by atoms with Crippen LogP contribution < -0.4 is 5.73 Å². The van der Waals surface area contributed by atoms with Crippen molar-refractivity contribution in [1.82, 2.24) is 14.6 Å². The first kappa shape index (κ1) is 46.2. The third-order valence-electron chi connectivity index (χ3n) is 10.3. The molecule has 1 aliphatic rings. The van der Waals surface area contributed by atoms with Gasteiger partial charge in [-0.1, -0.05) is 115 Å². The lowest BCUT2D eigenvalue weighted by Gasteiger charge is -2.24. The van der Waals surface area contributed by atoms with Gasteiger partial charge in [0.2, 0.25) is 5.60 Å². The van der Waals surface area contributed by atoms with Gasteiger partial charge in [0.05, 0.1) is 43.8 Å². The molecule has 0 amide bonds. The van der Waals surface area contributed by atoms with E-state index in [1.54, 1.807) is 24.3 Å². The maximum atomic E-state index is 13.0. The number of nitrogen functional groups attached to an aromatic ring is 1. The molecule has 3 aromatic rings. The molecule has 5 N–H and O–H groups in total. The summed E-state index contributed by atoms with van der Waals surface area (Å²) in [6.07, 6.45) is 16.0. The van der Waals surface area contributed by atoms with E-state index in [2.05, 4.69) is 23.1 Å². The molecule has 4 rings (SSSR count). The molecule has 0 aliphatic carbocycles. The highest BCUT2D eigenvalue weighted by Crippen LogP contribution is 2.46. The van der Waals surface area contributed by atoms with Gasteiger partial charge in [-0.3, -0.25) is 9.05 Å². The predicted molar refractivity (Wildman–Crippen MR) is 213 cm³/mol. The van der Waals surface area contributed by atoms with Crippen LogP contribution in [0.4, 0.5) is 5.82 Å². The number of nitrogens with two attached hydrogens (primary N) is 1. The number of aliphatic hydroxyl groups excluding tert-OH is 2. The molecule has 1 aliphatic heterocycles. The molecular weight excluding hydrogens is 751 g/mol. The van der Waals surface area contributed by atoms with Crippen molar-refractivity contribution in [2.75, 3.05) is 32.2 Å². The highest BCUT2D eigenvalue weighted by Gasteiger charge is 2.58. The van der Waals surface area contributed by atoms with Gasteiger partial charge < -0.3 is 35.1 Å². The maximum absolute atomic E-state index is 13.0. The van der Waals surface area contributed by atoms with Crippen LogP contribution >= 0.6 is 7.82 Å². The lowest BCUT2D eigenvalue weighted by atomic mass is 9.92. The number of aliphatic hydroxyl groups is 2. The Hall–Kier alpha value is -3.47. The monoisotopic (exact) mass is 812 g/mol. The first-order valence-electron chi connectivity index (χ1n) is 20.5. The molecule has 314 valence electrons. The molecule has 15 nitrogen and oxygen atoms in total. The Bertz CT molecular complexity index is 1750. The highest BCUT2D eigenvalue weighted by atomic mass is 31.2. The van der Waals surface area contributed by atoms with E-state index in [1.807, 2.05) is 6.07 Å². The van der Waals surface area contributed by atoms with E-state index in [0.29, 0.717) is 17.7 Å². The molecule has 57 heavy (non-hydrogen) atoms. The molecule has 6 atom stereocenters. The Morgan fingerprint density at radius 1 is 0.895 bits per heavy atom. The van der Waals surface area contributed by atoms with Crippen molar-refractivity contribution in [2.45, 2.75) is 146 Å². The average molecular weight is 813 g/mol. The van der Waals surface area contributed by atoms with Crippen LogP contribution in [0.1, 0.15) is 126 Å². The van der Waals surface area contributed by atoms with Crippen LogP contribution in [0.2, 0.25) is 0 Å². The second-order valence-electron chi connectivity index (χ2n) is 14.8. The Morgan fingerprint density at radius 2 is 1.51 bits per heavy atom. The summed E-state index contributed by atoms with van der Waals surface area (Å²) in [6.45, 7) is 1.93. The van der Waals surface area contributed by atoms with E-state index in [0.717, 1.165) is 24.8 Å². The molecule has 16 heteroatoms. The number of phosphoric acid groups is 1. The maximum Gasteiger partial charge on any atom is 0.472 e. The van der Waals surface area contributed by atoms with Gasteiger partial charge in [0.25, 0.3) is 0 Å². The summed E-state index contributed by atoms with van der Waals surface area (Å²) >= 11 is 0. The van der Waals surface area contributed by atoms with Crippen molar-refractivity contribution in [1.29, 1.82) is 10.5 Å². The van der Waals surface area contributed by atoms with E-state index in [1.165, 1.54) is 106 Å². The fourth-order valence-corrected chi connectivity index (χ4v) is 7.70. The third-order valence-corrected chi connectivity index (χ3v) is 11.3. The van der Waals surface area contributed by atoms with Crippen LogP contribution in [0.15, 0.2) is 42.7 Å². The largest absolute Gasteiger partial charge is 0.472 e. The van der Waals surface area contributed by atoms with Crippen molar-refractivity contribution >= 4 is 19.2 Å². The van der Waals surface area contributed by atoms with Crippen molar-refractivity contribution in [3.8, 4) is 12.1 Å². The minimum atomic E-state index is -4.76. The fraction of sp³-hybridized carbons (Fsp3) is 0.659. The van der Waals surface area contributed by atoms with Gasteiger partial charge in [-0.2, -0.15) is 15.6 Å². The number of phosphoric ester groups is 1. The average Bonchev–Trinajstić information content (AvgIpc) is 3.77. The molecule has 3 heterocycles. The van der Waals surface area contributed by atoms with Crippen molar-refractivity contribution in [3.05, 3.63) is 59.5 Å². The molecule has 2 aromatic heterocycles. The van der Waals surface area contributed by atoms with Crippen LogP contribution in [-0.2, 0) is 40.0 Å². The van der Waals surface area contributed by atoms with Crippen molar-refractivity contribution in [3.63, 3.8) is 0 Å². The fourth-order valence-electron chi connectivity index (χ4n) is 6.93. The van der Waals surface area contributed by atoms with Crippen LogP contribution in [0, 0.1) is 22.7 Å². The molecule has 0 bridgehead atoms. The number of benzene rings is 1. The number of fused-ring (bicyclic) bond motifs is 1. The Kier molecular flexibility index (Phi) is 19.8. The van der Waals surface area contributed by atoms with Gasteiger partial charge in [-0.15, -0.1) is 0 Å². The van der Waals surface area contributed by atoms with Crippen LogP contribution in [0.25, 0.3) is 5.52 Å². The third kappa shape index (κ3) is 14.4. The molecule has 1 saturated heterocycles. The number of hydrogen-bond acceptors (Lipinski definition) is 13. The van der Waals surface area contributed by atoms with Crippen molar-refractivity contribution in [2.24, 2.45) is 0 Å². The summed E-state index contributed by atoms with van der Waals surface area (Å²) in [5.41, 5.74) is 5.54. The zero-order valence-corrected chi connectivity index (χ0v) is 34.1. The molecular formula is C41H61N6O9P. The summed E-state index contributed by atoms with van der Waals surface area (Å²) < 4.78 is 42.4. The molecule has 1 aromatic carbocycles. The molecule has 1 unspecified atom stereocenters. The number of nitrogens with zero attached hydrogens (tertiary/aromatic N) is 5. The quantitative estimate of drug-likeness (QED) is 0.0408. The molecule has 0 radical (unpaired) electrons. The summed E-state index contributed by atoms with van der Waals surface area (Å²) in [7, 11) is -4.76. The van der Waals surface area contributed by atoms with Crippen LogP contribution in [0.5, 0.6) is 0 Å². The van der Waals surface area contributed by atoms with Gasteiger partial charge in [0.1, 0.15) is 42.3 Å². The van der Waals surface area contributed by atoms with Gasteiger partial charge in [0.15, 0.2) is 5.82 Å². The summed E-state index contributed by atoms with van der Waals surface area (Å²) in [5.74, 6) is 0.125. The van der Waals surface area contributed by atoms with E-state index in [-0.39, 0.29) is 31.3 Å². The number of unbranched alkanes of at least 4 members (excludes halogenated alkanes) is 15. The van der Waals surface area contributed by atoms with E-state index in [4.69, 9.17) is 34.3 Å². The van der Waals surface area contributed by atoms with Gasteiger partial charge in [0, 0.05) is 6.61 Å². The van der Waals surface area contributed by atoms with Crippen LogP contribution in [-0.4, -0.2) is 80.5 Å². The SMILES string of the molecule is CCCCCCCCCCCCCCCCCCOC[C@H](COP(=O)(O)OC[C@H]1O[C@@](C#N)(c2ccc3c(N)ncnn23)[C@H](O)[C@@H]1O)OCc1ccc(C#N)cc1. The normalized spacial score (nSPS) is 21.0. The van der Waals surface area contributed by atoms with Gasteiger partial charge in [-0.05, 0) is 36.2 Å². The number of aromatic nitrogens is 3. The zero-order chi connectivity index (χ0) is 40.9. The van der Waals surface area contributed by atoms with Gasteiger partial charge in [-0.25, -0.2) is 14.1 Å². The van der Waals surface area contributed by atoms with Crippen molar-refractivity contribution < 1.29 is 42.9 Å². The summed E-state index contributed by atoms with van der Waals surface area (Å²) in [6, 6.07) is 13.9. The van der Waals surface area contributed by atoms with E-state index in [9.17, 15) is 24.9 Å². The second-order valence-corrected chi connectivity index (χ2v) is 16.2.